The van der Waals surface area contributed by atoms with Crippen LogP contribution in [-0.2, 0) is 19.6 Å². The van der Waals surface area contributed by atoms with Gasteiger partial charge in [0.15, 0.2) is 0 Å². The van der Waals surface area contributed by atoms with Crippen LogP contribution in [0, 0.1) is 5.92 Å². The van der Waals surface area contributed by atoms with Gasteiger partial charge >= 0.3 is 0 Å². The molecule has 0 spiro atoms. The average molecular weight is 319 g/mol. The summed E-state index contributed by atoms with van der Waals surface area (Å²) < 4.78 is 25.1. The van der Waals surface area contributed by atoms with E-state index in [1.54, 1.807) is 4.90 Å². The zero-order chi connectivity index (χ0) is 16.2. The lowest BCUT2D eigenvalue weighted by molar-refractivity contribution is -0.138. The molecule has 1 aliphatic heterocycles. The second-order valence-electron chi connectivity index (χ2n) is 5.94. The summed E-state index contributed by atoms with van der Waals surface area (Å²) in [6, 6.07) is -0.831. The molecule has 0 aromatic carbocycles. The van der Waals surface area contributed by atoms with Gasteiger partial charge in [0, 0.05) is 26.1 Å². The standard InChI is InChI=1S/C13H25N3O4S/c1-9(2)12(14-10(3)17)13(18)16-7-5-6-11(8-16)15-21(4,19)20/h9,11-12,15H,5-8H2,1-4H3,(H,14,17)/t11-,12-/m1/s1. The maximum atomic E-state index is 12.5. The number of carbonyl (C=O) groups is 2. The summed E-state index contributed by atoms with van der Waals surface area (Å²) in [4.78, 5) is 25.4. The first-order chi connectivity index (χ1) is 9.60. The van der Waals surface area contributed by atoms with Crippen molar-refractivity contribution in [2.45, 2.75) is 45.7 Å². The smallest absolute Gasteiger partial charge is 0.245 e. The van der Waals surface area contributed by atoms with Crippen molar-refractivity contribution in [2.75, 3.05) is 19.3 Å². The van der Waals surface area contributed by atoms with Crippen LogP contribution in [0.3, 0.4) is 0 Å². The fraction of sp³-hybridized carbons (Fsp3) is 0.846. The van der Waals surface area contributed by atoms with Gasteiger partial charge in [-0.15, -0.1) is 0 Å². The highest BCUT2D eigenvalue weighted by Gasteiger charge is 2.31. The van der Waals surface area contributed by atoms with Gasteiger partial charge in [-0.3, -0.25) is 9.59 Å². The number of nitrogens with zero attached hydrogens (tertiary/aromatic N) is 1. The fourth-order valence-corrected chi connectivity index (χ4v) is 3.30. The van der Waals surface area contributed by atoms with Crippen LogP contribution in [0.4, 0.5) is 0 Å². The van der Waals surface area contributed by atoms with Gasteiger partial charge in [-0.2, -0.15) is 0 Å². The van der Waals surface area contributed by atoms with E-state index in [1.807, 2.05) is 13.8 Å². The van der Waals surface area contributed by atoms with Crippen molar-refractivity contribution in [3.05, 3.63) is 0 Å². The van der Waals surface area contributed by atoms with Gasteiger partial charge in [0.1, 0.15) is 6.04 Å². The molecule has 2 N–H and O–H groups in total. The van der Waals surface area contributed by atoms with Crippen LogP contribution in [0.2, 0.25) is 0 Å². The first kappa shape index (κ1) is 17.9. The van der Waals surface area contributed by atoms with Crippen molar-refractivity contribution >= 4 is 21.8 Å². The topological polar surface area (TPSA) is 95.6 Å². The summed E-state index contributed by atoms with van der Waals surface area (Å²) in [6.45, 7) is 6.05. The Morgan fingerprint density at radius 3 is 2.38 bits per heavy atom. The number of carbonyl (C=O) groups excluding carboxylic acids is 2. The monoisotopic (exact) mass is 319 g/mol. The summed E-state index contributed by atoms with van der Waals surface area (Å²) in [5, 5.41) is 2.67. The second kappa shape index (κ2) is 7.22. The summed E-state index contributed by atoms with van der Waals surface area (Å²) in [5.41, 5.74) is 0. The molecular formula is C13H25N3O4S. The number of amides is 2. The van der Waals surface area contributed by atoms with Gasteiger partial charge in [-0.25, -0.2) is 13.1 Å². The first-order valence-electron chi connectivity index (χ1n) is 7.13. The van der Waals surface area contributed by atoms with Crippen molar-refractivity contribution in [3.63, 3.8) is 0 Å². The Labute approximate surface area is 126 Å². The first-order valence-corrected chi connectivity index (χ1v) is 9.02. The van der Waals surface area contributed by atoms with Gasteiger partial charge < -0.3 is 10.2 Å². The highest BCUT2D eigenvalue weighted by molar-refractivity contribution is 7.88. The van der Waals surface area contributed by atoms with E-state index >= 15 is 0 Å². The van der Waals surface area contributed by atoms with E-state index in [4.69, 9.17) is 0 Å². The Morgan fingerprint density at radius 1 is 1.29 bits per heavy atom. The van der Waals surface area contributed by atoms with E-state index in [0.717, 1.165) is 12.7 Å². The summed E-state index contributed by atoms with van der Waals surface area (Å²) in [7, 11) is -3.29. The average Bonchev–Trinajstić information content (AvgIpc) is 2.33. The molecule has 2 atom stereocenters. The highest BCUT2D eigenvalue weighted by atomic mass is 32.2. The summed E-state index contributed by atoms with van der Waals surface area (Å²) in [5.74, 6) is -0.422. The minimum Gasteiger partial charge on any atom is -0.344 e. The van der Waals surface area contributed by atoms with Crippen LogP contribution in [-0.4, -0.2) is 56.6 Å². The van der Waals surface area contributed by atoms with E-state index in [0.29, 0.717) is 19.5 Å². The molecule has 1 saturated heterocycles. The molecule has 1 fully saturated rings. The summed E-state index contributed by atoms with van der Waals surface area (Å²) >= 11 is 0. The second-order valence-corrected chi connectivity index (χ2v) is 7.72. The normalized spacial score (nSPS) is 21.2. The predicted molar refractivity (Wildman–Crippen MR) is 80.0 cm³/mol. The van der Waals surface area contributed by atoms with Crippen LogP contribution in [0.1, 0.15) is 33.6 Å². The maximum Gasteiger partial charge on any atom is 0.245 e. The van der Waals surface area contributed by atoms with Gasteiger partial charge in [0.25, 0.3) is 0 Å². The number of sulfonamides is 1. The molecule has 122 valence electrons. The minimum absolute atomic E-state index is 0.0235. The van der Waals surface area contributed by atoms with Gasteiger partial charge in [0.05, 0.1) is 6.26 Å². The Hall–Kier alpha value is -1.15. The molecule has 0 saturated carbocycles. The molecule has 1 aliphatic rings. The van der Waals surface area contributed by atoms with Gasteiger partial charge in [-0.1, -0.05) is 13.8 Å². The van der Waals surface area contributed by atoms with Gasteiger partial charge in [0.2, 0.25) is 21.8 Å². The third-order valence-electron chi connectivity index (χ3n) is 3.41. The largest absolute Gasteiger partial charge is 0.344 e. The number of likely N-dealkylation sites (tertiary alicyclic amines) is 1. The molecule has 0 bridgehead atoms. The molecule has 7 nitrogen and oxygen atoms in total. The van der Waals surface area contributed by atoms with Gasteiger partial charge in [-0.05, 0) is 18.8 Å². The number of piperidine rings is 1. The molecule has 21 heavy (non-hydrogen) atoms. The number of rotatable bonds is 5. The molecule has 0 aliphatic carbocycles. The van der Waals surface area contributed by atoms with Crippen molar-refractivity contribution in [1.29, 1.82) is 0 Å². The van der Waals surface area contributed by atoms with E-state index < -0.39 is 16.1 Å². The SMILES string of the molecule is CC(=O)N[C@@H](C(=O)N1CCC[C@@H](NS(C)(=O)=O)C1)C(C)C. The molecule has 0 aromatic heterocycles. The lowest BCUT2D eigenvalue weighted by Crippen LogP contribution is -2.56. The molecule has 1 rings (SSSR count). The quantitative estimate of drug-likeness (QED) is 0.726. The highest BCUT2D eigenvalue weighted by Crippen LogP contribution is 2.14. The molecule has 1 heterocycles. The molecule has 0 aromatic rings. The lowest BCUT2D eigenvalue weighted by atomic mass is 10.00. The van der Waals surface area contributed by atoms with Crippen molar-refractivity contribution in [2.24, 2.45) is 5.92 Å². The molecule has 0 unspecified atom stereocenters. The molecule has 2 amide bonds. The molecular weight excluding hydrogens is 294 g/mol. The molecule has 0 radical (unpaired) electrons. The Balaban J connectivity index is 2.73. The van der Waals surface area contributed by atoms with Crippen LogP contribution in [0.15, 0.2) is 0 Å². The van der Waals surface area contributed by atoms with E-state index in [-0.39, 0.29) is 23.8 Å². The Kier molecular flexibility index (Phi) is 6.15. The van der Waals surface area contributed by atoms with Crippen LogP contribution >= 0.6 is 0 Å². The van der Waals surface area contributed by atoms with E-state index in [9.17, 15) is 18.0 Å². The van der Waals surface area contributed by atoms with Crippen LogP contribution in [0.5, 0.6) is 0 Å². The van der Waals surface area contributed by atoms with Crippen LogP contribution in [0.25, 0.3) is 0 Å². The number of hydrogen-bond donors (Lipinski definition) is 2. The number of hydrogen-bond acceptors (Lipinski definition) is 4. The van der Waals surface area contributed by atoms with Crippen molar-refractivity contribution < 1.29 is 18.0 Å². The van der Waals surface area contributed by atoms with Crippen molar-refractivity contribution in [3.8, 4) is 0 Å². The Morgan fingerprint density at radius 2 is 1.90 bits per heavy atom. The zero-order valence-electron chi connectivity index (χ0n) is 13.0. The van der Waals surface area contributed by atoms with E-state index in [2.05, 4.69) is 10.0 Å². The lowest BCUT2D eigenvalue weighted by Gasteiger charge is -2.36. The predicted octanol–water partition coefficient (Wildman–Crippen LogP) is -0.313. The maximum absolute atomic E-state index is 12.5. The third-order valence-corrected chi connectivity index (χ3v) is 4.17. The Bertz CT molecular complexity index is 490. The fourth-order valence-electron chi connectivity index (χ4n) is 2.51. The zero-order valence-corrected chi connectivity index (χ0v) is 13.9. The third kappa shape index (κ3) is 6.01. The van der Waals surface area contributed by atoms with Crippen LogP contribution < -0.4 is 10.0 Å². The number of nitrogens with one attached hydrogen (secondary N) is 2. The van der Waals surface area contributed by atoms with Crippen molar-refractivity contribution in [1.82, 2.24) is 14.9 Å². The summed E-state index contributed by atoms with van der Waals surface area (Å²) in [6.07, 6.45) is 2.56. The molecule has 8 heteroatoms. The van der Waals surface area contributed by atoms with E-state index in [1.165, 1.54) is 6.92 Å². The minimum atomic E-state index is -3.29.